The monoisotopic (exact) mass is 367 g/mol. The van der Waals surface area contributed by atoms with E-state index in [0.29, 0.717) is 12.0 Å². The van der Waals surface area contributed by atoms with Crippen molar-refractivity contribution in [2.75, 3.05) is 0 Å². The van der Waals surface area contributed by atoms with Crippen LogP contribution in [0.2, 0.25) is 0 Å². The number of amides is 1. The van der Waals surface area contributed by atoms with E-state index < -0.39 is 17.7 Å². The first kappa shape index (κ1) is 17.6. The Labute approximate surface area is 155 Å². The van der Waals surface area contributed by atoms with Crippen LogP contribution in [0.15, 0.2) is 60.7 Å². The van der Waals surface area contributed by atoms with Crippen LogP contribution < -0.4 is 16.2 Å². The normalized spacial score (nSPS) is 19.3. The van der Waals surface area contributed by atoms with Crippen LogP contribution in [-0.4, -0.2) is 11.9 Å². The summed E-state index contributed by atoms with van der Waals surface area (Å²) >= 11 is 0. The lowest BCUT2D eigenvalue weighted by Crippen LogP contribution is -2.42. The van der Waals surface area contributed by atoms with Gasteiger partial charge in [-0.2, -0.15) is 0 Å². The number of rotatable bonds is 4. The number of halogens is 2. The summed E-state index contributed by atoms with van der Waals surface area (Å²) in [6, 6.07) is 17.0. The van der Waals surface area contributed by atoms with Gasteiger partial charge >= 0.3 is 0 Å². The number of fused-ring (bicyclic) bond motifs is 1. The molecule has 4 rings (SSSR count). The zero-order chi connectivity index (χ0) is 18.8. The number of hydrogen-bond donors (Lipinski definition) is 3. The largest absolute Gasteiger partial charge is 0.351 e. The van der Waals surface area contributed by atoms with E-state index in [0.717, 1.165) is 22.4 Å². The maximum atomic E-state index is 13.2. The lowest BCUT2D eigenvalue weighted by Gasteiger charge is -2.13. The smallest absolute Gasteiger partial charge is 0.238 e. The first-order chi connectivity index (χ1) is 13.1. The van der Waals surface area contributed by atoms with Crippen LogP contribution in [-0.2, 0) is 11.3 Å². The Morgan fingerprint density at radius 3 is 2.56 bits per heavy atom. The molecule has 1 fully saturated rings. The minimum absolute atomic E-state index is 0.00142. The maximum absolute atomic E-state index is 13.2. The highest BCUT2D eigenvalue weighted by Gasteiger charge is 2.30. The Balaban J connectivity index is 1.42. The molecule has 0 aliphatic carbocycles. The van der Waals surface area contributed by atoms with Gasteiger partial charge in [0.2, 0.25) is 5.91 Å². The van der Waals surface area contributed by atoms with E-state index in [9.17, 15) is 13.6 Å². The molecule has 0 radical (unpaired) electrons. The van der Waals surface area contributed by atoms with Crippen LogP contribution in [0.25, 0.3) is 10.8 Å². The summed E-state index contributed by atoms with van der Waals surface area (Å²) in [6.45, 7) is 0.0740. The Hall–Kier alpha value is -2.83. The molecule has 1 amide bonds. The molecule has 0 spiro atoms. The number of hydrogen-bond acceptors (Lipinski definition) is 3. The van der Waals surface area contributed by atoms with E-state index in [1.807, 2.05) is 18.2 Å². The standard InChI is InChI=1S/C21H19F2N3O/c22-15-8-13(9-16(23)10-15)12-24-21(27)20-11-19(25-26-20)18-7-3-5-14-4-1-2-6-17(14)18/h1-10,19-20,25-26H,11-12H2,(H,24,27). The lowest BCUT2D eigenvalue weighted by molar-refractivity contribution is -0.123. The van der Waals surface area contributed by atoms with Crippen LogP contribution in [0.5, 0.6) is 0 Å². The van der Waals surface area contributed by atoms with Crippen LogP contribution >= 0.6 is 0 Å². The van der Waals surface area contributed by atoms with Crippen LogP contribution in [0.3, 0.4) is 0 Å². The van der Waals surface area contributed by atoms with Crippen LogP contribution in [0.1, 0.15) is 23.6 Å². The van der Waals surface area contributed by atoms with Gasteiger partial charge in [0.1, 0.15) is 17.7 Å². The van der Waals surface area contributed by atoms with Gasteiger partial charge in [0.05, 0.1) is 0 Å². The number of carbonyl (C=O) groups excluding carboxylic acids is 1. The average molecular weight is 367 g/mol. The first-order valence-electron chi connectivity index (χ1n) is 8.81. The number of hydrazine groups is 1. The summed E-state index contributed by atoms with van der Waals surface area (Å²) in [5.74, 6) is -1.53. The Bertz CT molecular complexity index is 967. The van der Waals surface area contributed by atoms with Gasteiger partial charge in [-0.1, -0.05) is 42.5 Å². The molecule has 3 N–H and O–H groups in total. The van der Waals surface area contributed by atoms with Gasteiger partial charge < -0.3 is 5.32 Å². The molecule has 27 heavy (non-hydrogen) atoms. The fourth-order valence-corrected chi connectivity index (χ4v) is 3.51. The highest BCUT2D eigenvalue weighted by atomic mass is 19.1. The second-order valence-corrected chi connectivity index (χ2v) is 6.69. The SMILES string of the molecule is O=C(NCc1cc(F)cc(F)c1)C1CC(c2cccc3ccccc23)NN1. The maximum Gasteiger partial charge on any atom is 0.238 e. The topological polar surface area (TPSA) is 53.2 Å². The number of nitrogens with one attached hydrogen (secondary N) is 3. The molecule has 1 aliphatic rings. The van der Waals surface area contributed by atoms with Gasteiger partial charge in [-0.05, 0) is 40.5 Å². The van der Waals surface area contributed by atoms with Gasteiger partial charge in [-0.15, -0.1) is 0 Å². The summed E-state index contributed by atoms with van der Waals surface area (Å²) < 4.78 is 26.5. The molecule has 3 aromatic rings. The fraction of sp³-hybridized carbons (Fsp3) is 0.190. The van der Waals surface area contributed by atoms with Gasteiger partial charge in [0.15, 0.2) is 0 Å². The summed E-state index contributed by atoms with van der Waals surface area (Å²) in [5, 5.41) is 5.03. The van der Waals surface area contributed by atoms with Crippen LogP contribution in [0.4, 0.5) is 8.78 Å². The predicted octanol–water partition coefficient (Wildman–Crippen LogP) is 3.34. The Morgan fingerprint density at radius 1 is 1.00 bits per heavy atom. The molecule has 138 valence electrons. The van der Waals surface area contributed by atoms with Gasteiger partial charge in [0.25, 0.3) is 0 Å². The molecule has 3 aromatic carbocycles. The van der Waals surface area contributed by atoms with Crippen molar-refractivity contribution in [1.29, 1.82) is 0 Å². The third kappa shape index (κ3) is 3.82. The van der Waals surface area contributed by atoms with Crippen molar-refractivity contribution < 1.29 is 13.6 Å². The molecule has 4 nitrogen and oxygen atoms in total. The minimum atomic E-state index is -0.657. The summed E-state index contributed by atoms with van der Waals surface area (Å²) in [7, 11) is 0. The highest BCUT2D eigenvalue weighted by molar-refractivity contribution is 5.86. The van der Waals surface area contributed by atoms with Crippen molar-refractivity contribution in [2.45, 2.75) is 25.0 Å². The van der Waals surface area contributed by atoms with Crippen LogP contribution in [0, 0.1) is 11.6 Å². The summed E-state index contributed by atoms with van der Waals surface area (Å²) in [4.78, 5) is 12.4. The molecule has 0 saturated carbocycles. The van der Waals surface area contributed by atoms with E-state index in [-0.39, 0.29) is 18.5 Å². The lowest BCUT2D eigenvalue weighted by atomic mass is 9.96. The molecule has 1 aliphatic heterocycles. The quantitative estimate of drug-likeness (QED) is 0.663. The van der Waals surface area contributed by atoms with Crippen molar-refractivity contribution in [1.82, 2.24) is 16.2 Å². The fourth-order valence-electron chi connectivity index (χ4n) is 3.51. The zero-order valence-electron chi connectivity index (χ0n) is 14.5. The second kappa shape index (κ2) is 7.42. The molecule has 2 atom stereocenters. The van der Waals surface area contributed by atoms with Crippen molar-refractivity contribution in [2.24, 2.45) is 0 Å². The first-order valence-corrected chi connectivity index (χ1v) is 8.81. The molecule has 1 saturated heterocycles. The van der Waals surface area contributed by atoms with Crippen molar-refractivity contribution in [3.8, 4) is 0 Å². The minimum Gasteiger partial charge on any atom is -0.351 e. The number of carbonyl (C=O) groups is 1. The van der Waals surface area contributed by atoms with Crippen molar-refractivity contribution >= 4 is 16.7 Å². The average Bonchev–Trinajstić information content (AvgIpc) is 3.15. The molecular formula is C21H19F2N3O. The molecule has 6 heteroatoms. The van der Waals surface area contributed by atoms with Crippen molar-refractivity contribution in [3.63, 3.8) is 0 Å². The molecule has 0 bridgehead atoms. The third-order valence-electron chi connectivity index (χ3n) is 4.81. The molecule has 2 unspecified atom stereocenters. The van der Waals surface area contributed by atoms with E-state index >= 15 is 0 Å². The summed E-state index contributed by atoms with van der Waals surface area (Å²) in [6.07, 6.45) is 0.581. The highest BCUT2D eigenvalue weighted by Crippen LogP contribution is 2.29. The second-order valence-electron chi connectivity index (χ2n) is 6.69. The molecule has 0 aromatic heterocycles. The number of benzene rings is 3. The summed E-state index contributed by atoms with van der Waals surface area (Å²) in [5.41, 5.74) is 7.71. The zero-order valence-corrected chi connectivity index (χ0v) is 14.5. The Morgan fingerprint density at radius 2 is 1.74 bits per heavy atom. The predicted molar refractivity (Wildman–Crippen MR) is 99.6 cm³/mol. The van der Waals surface area contributed by atoms with E-state index in [1.165, 1.54) is 12.1 Å². The van der Waals surface area contributed by atoms with E-state index in [2.05, 4.69) is 40.4 Å². The molecular weight excluding hydrogens is 348 g/mol. The van der Waals surface area contributed by atoms with Crippen molar-refractivity contribution in [3.05, 3.63) is 83.4 Å². The third-order valence-corrected chi connectivity index (χ3v) is 4.81. The van der Waals surface area contributed by atoms with Gasteiger partial charge in [-0.25, -0.2) is 19.6 Å². The van der Waals surface area contributed by atoms with E-state index in [1.54, 1.807) is 0 Å². The van der Waals surface area contributed by atoms with Gasteiger partial charge in [0, 0.05) is 18.7 Å². The van der Waals surface area contributed by atoms with Gasteiger partial charge in [-0.3, -0.25) is 4.79 Å². The Kier molecular flexibility index (Phi) is 4.83. The molecule has 1 heterocycles. The van der Waals surface area contributed by atoms with E-state index in [4.69, 9.17) is 0 Å².